The fourth-order valence-electron chi connectivity index (χ4n) is 1.47. The van der Waals surface area contributed by atoms with Gasteiger partial charge < -0.3 is 5.73 Å². The predicted molar refractivity (Wildman–Crippen MR) is 70.9 cm³/mol. The molecule has 1 aromatic heterocycles. The summed E-state index contributed by atoms with van der Waals surface area (Å²) in [4.78, 5) is 12.9. The fourth-order valence-corrected chi connectivity index (χ4v) is 2.95. The van der Waals surface area contributed by atoms with Crippen molar-refractivity contribution in [2.75, 3.05) is 5.73 Å². The van der Waals surface area contributed by atoms with E-state index in [-0.39, 0.29) is 17.8 Å². The number of rotatable bonds is 3. The van der Waals surface area contributed by atoms with Crippen LogP contribution < -0.4 is 5.73 Å². The van der Waals surface area contributed by atoms with E-state index in [1.165, 1.54) is 29.5 Å². The van der Waals surface area contributed by atoms with Crippen LogP contribution in [-0.2, 0) is 6.42 Å². The lowest BCUT2D eigenvalue weighted by Crippen LogP contribution is -2.06. The summed E-state index contributed by atoms with van der Waals surface area (Å²) in [5.74, 6) is -0.619. The lowest BCUT2D eigenvalue weighted by Gasteiger charge is -2.03. The monoisotopic (exact) mass is 313 g/mol. The molecular weight excluding hydrogens is 305 g/mol. The normalized spacial score (nSPS) is 10.5. The van der Waals surface area contributed by atoms with Gasteiger partial charge in [-0.25, -0.2) is 4.39 Å². The van der Waals surface area contributed by atoms with E-state index in [1.54, 1.807) is 0 Å². The maximum atomic E-state index is 13.0. The molecule has 1 aromatic carbocycles. The summed E-state index contributed by atoms with van der Waals surface area (Å²) in [7, 11) is 0. The molecule has 88 valence electrons. The number of thiophene rings is 1. The van der Waals surface area contributed by atoms with E-state index in [2.05, 4.69) is 15.9 Å². The number of nitrogen functional groups attached to an aromatic ring is 1. The molecule has 0 aliphatic heterocycles. The first kappa shape index (κ1) is 12.3. The quantitative estimate of drug-likeness (QED) is 0.694. The van der Waals surface area contributed by atoms with Crippen LogP contribution in [0.25, 0.3) is 0 Å². The minimum atomic E-state index is -0.449. The Morgan fingerprint density at radius 2 is 2.12 bits per heavy atom. The Balaban J connectivity index is 2.22. The van der Waals surface area contributed by atoms with Crippen LogP contribution in [0.3, 0.4) is 0 Å². The van der Waals surface area contributed by atoms with Gasteiger partial charge in [-0.3, -0.25) is 4.79 Å². The molecule has 1 heterocycles. The molecule has 0 radical (unpaired) electrons. The Morgan fingerprint density at radius 1 is 1.35 bits per heavy atom. The van der Waals surface area contributed by atoms with E-state index in [9.17, 15) is 9.18 Å². The molecule has 2 aromatic rings. The van der Waals surface area contributed by atoms with Crippen LogP contribution in [0.2, 0.25) is 0 Å². The summed E-state index contributed by atoms with van der Waals surface area (Å²) in [5, 5.41) is 0. The molecular formula is C12H9BrFNOS. The van der Waals surface area contributed by atoms with Crippen molar-refractivity contribution in [2.24, 2.45) is 0 Å². The van der Waals surface area contributed by atoms with Crippen LogP contribution >= 0.6 is 27.3 Å². The van der Waals surface area contributed by atoms with Crippen molar-refractivity contribution in [3.05, 3.63) is 50.4 Å². The summed E-state index contributed by atoms with van der Waals surface area (Å²) >= 11 is 4.81. The maximum Gasteiger partial charge on any atom is 0.170 e. The third kappa shape index (κ3) is 2.92. The molecule has 0 unspecified atom stereocenters. The van der Waals surface area contributed by atoms with Gasteiger partial charge >= 0.3 is 0 Å². The maximum absolute atomic E-state index is 13.0. The van der Waals surface area contributed by atoms with Crippen LogP contribution in [0.5, 0.6) is 0 Å². The highest BCUT2D eigenvalue weighted by atomic mass is 79.9. The van der Waals surface area contributed by atoms with Crippen molar-refractivity contribution >= 4 is 38.7 Å². The molecule has 0 saturated carbocycles. The average molecular weight is 314 g/mol. The number of Topliss-reactive ketones (excluding diaryl/α,β-unsaturated/α-hetero) is 1. The van der Waals surface area contributed by atoms with Gasteiger partial charge in [-0.15, -0.1) is 11.3 Å². The Bertz CT molecular complexity index is 567. The van der Waals surface area contributed by atoms with Crippen LogP contribution in [0.4, 0.5) is 10.1 Å². The SMILES string of the molecule is Nc1ccc(F)cc1C(=O)Cc1ccc(Br)s1. The fraction of sp³-hybridized carbons (Fsp3) is 0.0833. The highest BCUT2D eigenvalue weighted by molar-refractivity contribution is 9.11. The molecule has 0 amide bonds. The first-order chi connectivity index (χ1) is 8.06. The van der Waals surface area contributed by atoms with Crippen LogP contribution in [0.1, 0.15) is 15.2 Å². The average Bonchev–Trinajstić information content (AvgIpc) is 2.67. The van der Waals surface area contributed by atoms with Crippen LogP contribution in [-0.4, -0.2) is 5.78 Å². The summed E-state index contributed by atoms with van der Waals surface area (Å²) in [6.45, 7) is 0. The molecule has 5 heteroatoms. The van der Waals surface area contributed by atoms with E-state index in [0.717, 1.165) is 8.66 Å². The minimum Gasteiger partial charge on any atom is -0.398 e. The van der Waals surface area contributed by atoms with Gasteiger partial charge in [0.25, 0.3) is 0 Å². The molecule has 0 fully saturated rings. The Labute approximate surface area is 110 Å². The Kier molecular flexibility index (Phi) is 3.59. The second-order valence-electron chi connectivity index (χ2n) is 3.54. The van der Waals surface area contributed by atoms with Crippen molar-refractivity contribution < 1.29 is 9.18 Å². The van der Waals surface area contributed by atoms with Gasteiger partial charge in [0.05, 0.1) is 3.79 Å². The van der Waals surface area contributed by atoms with Crippen molar-refractivity contribution in [2.45, 2.75) is 6.42 Å². The number of hydrogen-bond acceptors (Lipinski definition) is 3. The van der Waals surface area contributed by atoms with Gasteiger partial charge in [0, 0.05) is 22.5 Å². The lowest BCUT2D eigenvalue weighted by atomic mass is 10.1. The molecule has 2 nitrogen and oxygen atoms in total. The van der Waals surface area contributed by atoms with Gasteiger partial charge in [0.15, 0.2) is 5.78 Å². The van der Waals surface area contributed by atoms with Crippen molar-refractivity contribution in [1.29, 1.82) is 0 Å². The smallest absolute Gasteiger partial charge is 0.170 e. The number of ketones is 1. The topological polar surface area (TPSA) is 43.1 Å². The molecule has 0 aliphatic rings. The van der Waals surface area contributed by atoms with E-state index in [0.29, 0.717) is 5.69 Å². The molecule has 0 atom stereocenters. The zero-order valence-corrected chi connectivity index (χ0v) is 11.1. The largest absolute Gasteiger partial charge is 0.398 e. The molecule has 2 N–H and O–H groups in total. The van der Waals surface area contributed by atoms with E-state index in [1.807, 2.05) is 12.1 Å². The van der Waals surface area contributed by atoms with E-state index in [4.69, 9.17) is 5.73 Å². The van der Waals surface area contributed by atoms with Gasteiger partial charge in [-0.2, -0.15) is 0 Å². The number of hydrogen-bond donors (Lipinski definition) is 1. The second kappa shape index (κ2) is 4.98. The Hall–Kier alpha value is -1.20. The second-order valence-corrected chi connectivity index (χ2v) is 6.08. The van der Waals surface area contributed by atoms with Crippen LogP contribution in [0, 0.1) is 5.82 Å². The highest BCUT2D eigenvalue weighted by Crippen LogP contribution is 2.24. The van der Waals surface area contributed by atoms with Crippen molar-refractivity contribution in [3.63, 3.8) is 0 Å². The summed E-state index contributed by atoms with van der Waals surface area (Å²) in [5.41, 5.74) is 6.21. The van der Waals surface area contributed by atoms with E-state index >= 15 is 0 Å². The first-order valence-corrected chi connectivity index (χ1v) is 6.49. The van der Waals surface area contributed by atoms with Gasteiger partial charge in [0.2, 0.25) is 0 Å². The minimum absolute atomic E-state index is 0.170. The predicted octanol–water partition coefficient (Wildman–Crippen LogP) is 3.66. The molecule has 17 heavy (non-hydrogen) atoms. The van der Waals surface area contributed by atoms with Crippen molar-refractivity contribution in [1.82, 2.24) is 0 Å². The zero-order valence-electron chi connectivity index (χ0n) is 8.74. The Morgan fingerprint density at radius 3 is 2.76 bits per heavy atom. The molecule has 0 aliphatic carbocycles. The highest BCUT2D eigenvalue weighted by Gasteiger charge is 2.12. The van der Waals surface area contributed by atoms with E-state index < -0.39 is 5.82 Å². The molecule has 2 rings (SSSR count). The lowest BCUT2D eigenvalue weighted by molar-refractivity contribution is 0.0994. The number of anilines is 1. The summed E-state index contributed by atoms with van der Waals surface area (Å²) in [6, 6.07) is 7.57. The standard InChI is InChI=1S/C12H9BrFNOS/c13-12-4-2-8(17-12)6-11(16)9-5-7(14)1-3-10(9)15/h1-5H,6,15H2. The number of carbonyl (C=O) groups excluding carboxylic acids is 1. The third-order valence-corrected chi connectivity index (χ3v) is 3.90. The number of halogens is 2. The molecule has 0 spiro atoms. The molecule has 0 bridgehead atoms. The summed E-state index contributed by atoms with van der Waals surface area (Å²) < 4.78 is 14.0. The summed E-state index contributed by atoms with van der Waals surface area (Å²) in [6.07, 6.45) is 0.240. The van der Waals surface area contributed by atoms with Gasteiger partial charge in [-0.1, -0.05) is 0 Å². The third-order valence-electron chi connectivity index (χ3n) is 2.28. The van der Waals surface area contributed by atoms with Crippen molar-refractivity contribution in [3.8, 4) is 0 Å². The number of benzene rings is 1. The number of nitrogens with two attached hydrogens (primary N) is 1. The van der Waals surface area contributed by atoms with Gasteiger partial charge in [0.1, 0.15) is 5.82 Å². The first-order valence-electron chi connectivity index (χ1n) is 4.88. The van der Waals surface area contributed by atoms with Gasteiger partial charge in [-0.05, 0) is 46.3 Å². The zero-order chi connectivity index (χ0) is 12.4. The van der Waals surface area contributed by atoms with Crippen LogP contribution in [0.15, 0.2) is 34.1 Å². The molecule has 0 saturated heterocycles. The number of carbonyl (C=O) groups is 1.